The van der Waals surface area contributed by atoms with Crippen molar-refractivity contribution in [3.8, 4) is 84.6 Å². The molecule has 0 atom stereocenters. The number of hydrogen-bond donors (Lipinski definition) is 0. The van der Waals surface area contributed by atoms with Crippen molar-refractivity contribution in [2.45, 2.75) is 19.3 Å². The molecular weight excluding hydrogens is 779 g/mol. The van der Waals surface area contributed by atoms with Crippen molar-refractivity contribution in [2.24, 2.45) is 0 Å². The lowest BCUT2D eigenvalue weighted by molar-refractivity contribution is 0.661. The molecule has 3 heterocycles. The van der Waals surface area contributed by atoms with Crippen LogP contribution in [-0.2, 0) is 5.41 Å². The highest BCUT2D eigenvalue weighted by Crippen LogP contribution is 2.53. The fraction of sp³-hybridized carbons (Fsp3) is 0.0508. The molecule has 1 aliphatic carbocycles. The smallest absolute Gasteiger partial charge is 0.160 e. The van der Waals surface area contributed by atoms with Crippen molar-refractivity contribution < 1.29 is 0 Å². The van der Waals surface area contributed by atoms with Gasteiger partial charge in [-0.15, -0.1) is 0 Å². The minimum atomic E-state index is -0.133. The monoisotopic (exact) mass is 819 g/mol. The van der Waals surface area contributed by atoms with E-state index >= 15 is 0 Å². The molecule has 302 valence electrons. The second-order valence-electron chi connectivity index (χ2n) is 17.0. The molecule has 5 heteroatoms. The van der Waals surface area contributed by atoms with Gasteiger partial charge >= 0.3 is 0 Å². The van der Waals surface area contributed by atoms with Gasteiger partial charge in [-0.05, 0) is 64.7 Å². The molecule has 12 rings (SSSR count). The molecule has 0 saturated heterocycles. The number of hydrogen-bond acceptors (Lipinski definition) is 4. The standard InChI is InChI=1S/C59H41N5/c1-59(2)46-29-17-15-27-43(46)55-47(59)32-34-54-56(55)44-28-16-18-30-52(44)64(54)53-33-31-42(58-61-48(38-19-7-3-8-20-38)36-49(62-58)39-21-9-4-10-22-39)35-45(53)51-37-50(40-23-11-5-12-24-40)60-57(63-51)41-25-13-6-14-26-41/h3-37H,1-2H3. The lowest BCUT2D eigenvalue weighted by Crippen LogP contribution is -2.14. The van der Waals surface area contributed by atoms with Crippen molar-refractivity contribution in [3.05, 3.63) is 223 Å². The second kappa shape index (κ2) is 15.0. The summed E-state index contributed by atoms with van der Waals surface area (Å²) in [4.78, 5) is 21.2. The van der Waals surface area contributed by atoms with Crippen LogP contribution in [0.3, 0.4) is 0 Å². The molecule has 0 radical (unpaired) electrons. The van der Waals surface area contributed by atoms with E-state index in [0.717, 1.165) is 72.9 Å². The molecule has 0 amide bonds. The highest BCUT2D eigenvalue weighted by molar-refractivity contribution is 6.18. The van der Waals surface area contributed by atoms with Gasteiger partial charge in [0.1, 0.15) is 0 Å². The molecule has 8 aromatic carbocycles. The number of nitrogens with zero attached hydrogens (tertiary/aromatic N) is 5. The summed E-state index contributed by atoms with van der Waals surface area (Å²) in [5.41, 5.74) is 17.6. The molecule has 0 spiro atoms. The predicted molar refractivity (Wildman–Crippen MR) is 262 cm³/mol. The van der Waals surface area contributed by atoms with E-state index in [1.54, 1.807) is 0 Å². The maximum atomic E-state index is 5.44. The third-order valence-corrected chi connectivity index (χ3v) is 12.8. The summed E-state index contributed by atoms with van der Waals surface area (Å²) in [7, 11) is 0. The molecule has 0 unspecified atom stereocenters. The molecule has 1 aliphatic rings. The topological polar surface area (TPSA) is 56.5 Å². The Morgan fingerprint density at radius 1 is 0.359 bits per heavy atom. The van der Waals surface area contributed by atoms with Crippen molar-refractivity contribution in [2.75, 3.05) is 0 Å². The molecule has 3 aromatic heterocycles. The maximum Gasteiger partial charge on any atom is 0.160 e. The van der Waals surface area contributed by atoms with Gasteiger partial charge in [0, 0.05) is 49.6 Å². The van der Waals surface area contributed by atoms with E-state index in [-0.39, 0.29) is 5.41 Å². The van der Waals surface area contributed by atoms with Crippen molar-refractivity contribution in [1.82, 2.24) is 24.5 Å². The average Bonchev–Trinajstić information content (AvgIpc) is 3.82. The van der Waals surface area contributed by atoms with Crippen LogP contribution in [0.1, 0.15) is 25.0 Å². The van der Waals surface area contributed by atoms with Crippen molar-refractivity contribution in [1.29, 1.82) is 0 Å². The molecule has 0 N–H and O–H groups in total. The first-order valence-corrected chi connectivity index (χ1v) is 21.8. The maximum absolute atomic E-state index is 5.44. The third kappa shape index (κ3) is 6.16. The zero-order valence-electron chi connectivity index (χ0n) is 35.4. The van der Waals surface area contributed by atoms with Gasteiger partial charge in [0.25, 0.3) is 0 Å². The highest BCUT2D eigenvalue weighted by atomic mass is 15.0. The fourth-order valence-corrected chi connectivity index (χ4v) is 9.74. The Kier molecular flexibility index (Phi) is 8.76. The van der Waals surface area contributed by atoms with Crippen LogP contribution >= 0.6 is 0 Å². The van der Waals surface area contributed by atoms with Gasteiger partial charge in [-0.3, -0.25) is 0 Å². The van der Waals surface area contributed by atoms with E-state index < -0.39 is 0 Å². The van der Waals surface area contributed by atoms with E-state index in [0.29, 0.717) is 11.6 Å². The summed E-state index contributed by atoms with van der Waals surface area (Å²) in [5, 5.41) is 2.46. The Morgan fingerprint density at radius 2 is 0.859 bits per heavy atom. The van der Waals surface area contributed by atoms with Gasteiger partial charge in [0.05, 0.1) is 39.5 Å². The van der Waals surface area contributed by atoms with Crippen LogP contribution in [0.2, 0.25) is 0 Å². The first kappa shape index (κ1) is 37.5. The van der Waals surface area contributed by atoms with Gasteiger partial charge in [-0.1, -0.05) is 184 Å². The number of aromatic nitrogens is 5. The average molecular weight is 820 g/mol. The van der Waals surface area contributed by atoms with Gasteiger partial charge in [0.15, 0.2) is 11.6 Å². The second-order valence-corrected chi connectivity index (χ2v) is 17.0. The zero-order valence-corrected chi connectivity index (χ0v) is 35.4. The van der Waals surface area contributed by atoms with E-state index in [2.05, 4.69) is 194 Å². The van der Waals surface area contributed by atoms with E-state index in [4.69, 9.17) is 19.9 Å². The number of benzene rings is 8. The van der Waals surface area contributed by atoms with Crippen molar-refractivity contribution >= 4 is 21.8 Å². The Labute approximate surface area is 372 Å². The Balaban J connectivity index is 1.17. The SMILES string of the molecule is CC1(C)c2ccccc2-c2c1ccc1c2c2ccccc2n1-c1ccc(-c2nc(-c3ccccc3)cc(-c3ccccc3)n2)cc1-c1cc(-c2ccccc2)nc(-c2ccccc2)n1. The lowest BCUT2D eigenvalue weighted by Gasteiger charge is -2.21. The van der Waals surface area contributed by atoms with Crippen LogP contribution < -0.4 is 0 Å². The van der Waals surface area contributed by atoms with Crippen LogP contribution in [0.25, 0.3) is 106 Å². The fourth-order valence-electron chi connectivity index (χ4n) is 9.74. The molecule has 0 bridgehead atoms. The Morgan fingerprint density at radius 3 is 1.48 bits per heavy atom. The molecule has 0 saturated carbocycles. The number of rotatable bonds is 7. The minimum Gasteiger partial charge on any atom is -0.309 e. The van der Waals surface area contributed by atoms with E-state index in [9.17, 15) is 0 Å². The number of para-hydroxylation sites is 1. The summed E-state index contributed by atoms with van der Waals surface area (Å²) >= 11 is 0. The van der Waals surface area contributed by atoms with Crippen LogP contribution in [0.15, 0.2) is 212 Å². The predicted octanol–water partition coefficient (Wildman–Crippen LogP) is 14.7. The van der Waals surface area contributed by atoms with Crippen LogP contribution in [0, 0.1) is 0 Å². The molecule has 11 aromatic rings. The quantitative estimate of drug-likeness (QED) is 0.161. The molecule has 64 heavy (non-hydrogen) atoms. The third-order valence-electron chi connectivity index (χ3n) is 12.8. The largest absolute Gasteiger partial charge is 0.309 e. The van der Waals surface area contributed by atoms with Gasteiger partial charge in [-0.25, -0.2) is 19.9 Å². The summed E-state index contributed by atoms with van der Waals surface area (Å²) in [6.45, 7) is 4.70. The van der Waals surface area contributed by atoms with E-state index in [1.165, 1.54) is 33.0 Å². The molecular formula is C59H41N5. The zero-order chi connectivity index (χ0) is 42.8. The van der Waals surface area contributed by atoms with Gasteiger partial charge < -0.3 is 4.57 Å². The first-order chi connectivity index (χ1) is 31.5. The van der Waals surface area contributed by atoms with Gasteiger partial charge in [0.2, 0.25) is 0 Å². The highest BCUT2D eigenvalue weighted by Gasteiger charge is 2.37. The molecule has 5 nitrogen and oxygen atoms in total. The first-order valence-electron chi connectivity index (χ1n) is 21.8. The number of fused-ring (bicyclic) bond motifs is 7. The lowest BCUT2D eigenvalue weighted by atomic mass is 9.82. The summed E-state index contributed by atoms with van der Waals surface area (Å²) in [5.74, 6) is 1.29. The Bertz CT molecular complexity index is 3440. The molecule has 0 fully saturated rings. The van der Waals surface area contributed by atoms with Gasteiger partial charge in [-0.2, -0.15) is 0 Å². The molecule has 0 aliphatic heterocycles. The summed E-state index contributed by atoms with van der Waals surface area (Å²) < 4.78 is 2.43. The Hall–Kier alpha value is -8.28. The van der Waals surface area contributed by atoms with Crippen LogP contribution in [0.5, 0.6) is 0 Å². The minimum absolute atomic E-state index is 0.133. The summed E-state index contributed by atoms with van der Waals surface area (Å²) in [6.07, 6.45) is 0. The normalized spacial score (nSPS) is 12.7. The van der Waals surface area contributed by atoms with Crippen LogP contribution in [0.4, 0.5) is 0 Å². The van der Waals surface area contributed by atoms with Crippen molar-refractivity contribution in [3.63, 3.8) is 0 Å². The summed E-state index contributed by atoms with van der Waals surface area (Å²) in [6, 6.07) is 74.6. The van der Waals surface area contributed by atoms with E-state index in [1.807, 2.05) is 36.4 Å². The van der Waals surface area contributed by atoms with Crippen LogP contribution in [-0.4, -0.2) is 24.5 Å².